The molecule has 2 heterocycles. The zero-order chi connectivity index (χ0) is 8.55. The number of aldehydes is 1. The molecule has 0 bridgehead atoms. The molecule has 2 aromatic heterocycles. The third kappa shape index (κ3) is 0.830. The van der Waals surface area contributed by atoms with Gasteiger partial charge in [-0.15, -0.1) is 0 Å². The molecule has 0 amide bonds. The first-order valence-electron chi connectivity index (χ1n) is 3.71. The largest absolute Gasteiger partial charge is 0.296 e. The molecule has 3 heteroatoms. The lowest BCUT2D eigenvalue weighted by Gasteiger charge is -1.98. The zero-order valence-electron chi connectivity index (χ0n) is 6.69. The number of hydrogen-bond donors (Lipinski definition) is 0. The quantitative estimate of drug-likeness (QED) is 0.592. The van der Waals surface area contributed by atoms with Crippen LogP contribution in [-0.4, -0.2) is 15.7 Å². The van der Waals surface area contributed by atoms with Crippen molar-refractivity contribution in [1.29, 1.82) is 0 Å². The normalized spacial score (nSPS) is 10.4. The van der Waals surface area contributed by atoms with E-state index in [-0.39, 0.29) is 0 Å². The number of carbonyl (C=O) groups excluding carboxylic acids is 1. The van der Waals surface area contributed by atoms with E-state index in [1.807, 2.05) is 23.5 Å². The second kappa shape index (κ2) is 2.44. The molecule has 0 saturated carbocycles. The summed E-state index contributed by atoms with van der Waals surface area (Å²) in [6.45, 7) is 1.92. The summed E-state index contributed by atoms with van der Waals surface area (Å²) in [5.74, 6) is 0. The van der Waals surface area contributed by atoms with Gasteiger partial charge < -0.3 is 0 Å². The molecule has 3 nitrogen and oxygen atoms in total. The number of hydrogen-bond acceptors (Lipinski definition) is 2. The maximum absolute atomic E-state index is 10.6. The highest BCUT2D eigenvalue weighted by molar-refractivity contribution is 5.74. The van der Waals surface area contributed by atoms with Gasteiger partial charge in [-0.05, 0) is 19.1 Å². The predicted octanol–water partition coefficient (Wildman–Crippen LogP) is 1.46. The highest BCUT2D eigenvalue weighted by Gasteiger charge is 2.01. The number of rotatable bonds is 1. The minimum absolute atomic E-state index is 0.641. The summed E-state index contributed by atoms with van der Waals surface area (Å²) < 4.78 is 1.83. The molecule has 2 aromatic rings. The number of pyridine rings is 1. The number of carbonyl (C=O) groups is 1. The van der Waals surface area contributed by atoms with Crippen LogP contribution in [0.3, 0.4) is 0 Å². The Kier molecular flexibility index (Phi) is 1.43. The maximum Gasteiger partial charge on any atom is 0.166 e. The van der Waals surface area contributed by atoms with Gasteiger partial charge in [0, 0.05) is 11.9 Å². The highest BCUT2D eigenvalue weighted by Crippen LogP contribution is 2.07. The van der Waals surface area contributed by atoms with Crippen molar-refractivity contribution in [1.82, 2.24) is 9.38 Å². The molecule has 0 saturated heterocycles. The second-order valence-electron chi connectivity index (χ2n) is 2.66. The van der Waals surface area contributed by atoms with Crippen molar-refractivity contribution >= 4 is 11.9 Å². The number of nitrogens with zero attached hydrogens (tertiary/aromatic N) is 2. The van der Waals surface area contributed by atoms with Crippen molar-refractivity contribution in [2.75, 3.05) is 0 Å². The number of imidazole rings is 1. The van der Waals surface area contributed by atoms with Crippen LogP contribution in [0.2, 0.25) is 0 Å². The summed E-state index contributed by atoms with van der Waals surface area (Å²) >= 11 is 0. The molecule has 60 valence electrons. The van der Waals surface area contributed by atoms with E-state index in [1.165, 1.54) is 0 Å². The Hall–Kier alpha value is -1.64. The van der Waals surface area contributed by atoms with E-state index in [9.17, 15) is 4.79 Å². The van der Waals surface area contributed by atoms with Crippen LogP contribution in [-0.2, 0) is 0 Å². The Balaban J connectivity index is 2.93. The summed E-state index contributed by atoms with van der Waals surface area (Å²) in [7, 11) is 0. The monoisotopic (exact) mass is 160 g/mol. The average molecular weight is 160 g/mol. The van der Waals surface area contributed by atoms with Crippen LogP contribution >= 0.6 is 0 Å². The van der Waals surface area contributed by atoms with E-state index in [4.69, 9.17) is 0 Å². The first-order valence-corrected chi connectivity index (χ1v) is 3.71. The van der Waals surface area contributed by atoms with Crippen LogP contribution in [0.5, 0.6) is 0 Å². The molecule has 12 heavy (non-hydrogen) atoms. The van der Waals surface area contributed by atoms with E-state index in [2.05, 4.69) is 4.98 Å². The van der Waals surface area contributed by atoms with Crippen LogP contribution in [0, 0.1) is 6.92 Å². The first-order chi connectivity index (χ1) is 5.83. The number of aromatic nitrogens is 2. The Morgan fingerprint density at radius 3 is 3.08 bits per heavy atom. The number of fused-ring (bicyclic) bond motifs is 1. The van der Waals surface area contributed by atoms with Gasteiger partial charge in [-0.3, -0.25) is 9.20 Å². The van der Waals surface area contributed by atoms with Gasteiger partial charge >= 0.3 is 0 Å². The average Bonchev–Trinajstić information content (AvgIpc) is 2.48. The van der Waals surface area contributed by atoms with Crippen LogP contribution < -0.4 is 0 Å². The highest BCUT2D eigenvalue weighted by atomic mass is 16.1. The summed E-state index contributed by atoms with van der Waals surface area (Å²) in [5, 5.41) is 0. The van der Waals surface area contributed by atoms with Crippen molar-refractivity contribution in [3.63, 3.8) is 0 Å². The van der Waals surface area contributed by atoms with Gasteiger partial charge in [-0.2, -0.15) is 0 Å². The lowest BCUT2D eigenvalue weighted by atomic mass is 10.3. The molecule has 0 aliphatic carbocycles. The third-order valence-electron chi connectivity index (χ3n) is 1.86. The molecule has 2 rings (SSSR count). The van der Waals surface area contributed by atoms with E-state index < -0.39 is 0 Å². The standard InChI is InChI=1S/C9H8N2O/c1-7-5-10-9-4-2-3-8(6-12)11(7)9/h2-6H,1H3. The van der Waals surface area contributed by atoms with Crippen molar-refractivity contribution in [2.45, 2.75) is 6.92 Å². The van der Waals surface area contributed by atoms with E-state index in [0.29, 0.717) is 5.69 Å². The molecule has 0 aliphatic heterocycles. The van der Waals surface area contributed by atoms with Crippen molar-refractivity contribution in [2.24, 2.45) is 0 Å². The molecule has 0 unspecified atom stereocenters. The minimum atomic E-state index is 0.641. The molecule has 0 aromatic carbocycles. The van der Waals surface area contributed by atoms with Crippen molar-refractivity contribution in [3.8, 4) is 0 Å². The minimum Gasteiger partial charge on any atom is -0.296 e. The zero-order valence-corrected chi connectivity index (χ0v) is 6.69. The Labute approximate surface area is 69.7 Å². The lowest BCUT2D eigenvalue weighted by Crippen LogP contribution is -1.95. The van der Waals surface area contributed by atoms with Crippen molar-refractivity contribution in [3.05, 3.63) is 35.8 Å². The van der Waals surface area contributed by atoms with Gasteiger partial charge in [-0.25, -0.2) is 4.98 Å². The van der Waals surface area contributed by atoms with Gasteiger partial charge in [0.1, 0.15) is 5.65 Å². The lowest BCUT2D eigenvalue weighted by molar-refractivity contribution is 0.111. The molecule has 0 atom stereocenters. The van der Waals surface area contributed by atoms with E-state index in [1.54, 1.807) is 12.3 Å². The number of aryl methyl sites for hydroxylation is 1. The van der Waals surface area contributed by atoms with Crippen LogP contribution in [0.15, 0.2) is 24.4 Å². The molecule has 0 spiro atoms. The molecule has 0 N–H and O–H groups in total. The van der Waals surface area contributed by atoms with Crippen LogP contribution in [0.1, 0.15) is 16.2 Å². The molecule has 0 fully saturated rings. The van der Waals surface area contributed by atoms with Gasteiger partial charge in [0.05, 0.1) is 5.69 Å². The molecular weight excluding hydrogens is 152 g/mol. The van der Waals surface area contributed by atoms with Crippen LogP contribution in [0.4, 0.5) is 0 Å². The summed E-state index contributed by atoms with van der Waals surface area (Å²) in [4.78, 5) is 14.8. The topological polar surface area (TPSA) is 34.4 Å². The van der Waals surface area contributed by atoms with Crippen molar-refractivity contribution < 1.29 is 4.79 Å². The van der Waals surface area contributed by atoms with Crippen LogP contribution in [0.25, 0.3) is 5.65 Å². The fraction of sp³-hybridized carbons (Fsp3) is 0.111. The summed E-state index contributed by atoms with van der Waals surface area (Å²) in [6, 6.07) is 5.47. The summed E-state index contributed by atoms with van der Waals surface area (Å²) in [5.41, 5.74) is 2.44. The molecule has 0 aliphatic rings. The molecular formula is C9H8N2O. The smallest absolute Gasteiger partial charge is 0.166 e. The Bertz CT molecular complexity index is 431. The van der Waals surface area contributed by atoms with E-state index >= 15 is 0 Å². The first kappa shape index (κ1) is 7.03. The fourth-order valence-electron chi connectivity index (χ4n) is 1.31. The predicted molar refractivity (Wildman–Crippen MR) is 45.3 cm³/mol. The Morgan fingerprint density at radius 1 is 1.50 bits per heavy atom. The summed E-state index contributed by atoms with van der Waals surface area (Å²) in [6.07, 6.45) is 2.59. The Morgan fingerprint density at radius 2 is 2.33 bits per heavy atom. The second-order valence-corrected chi connectivity index (χ2v) is 2.66. The van der Waals surface area contributed by atoms with Gasteiger partial charge in [-0.1, -0.05) is 6.07 Å². The van der Waals surface area contributed by atoms with Gasteiger partial charge in [0.15, 0.2) is 6.29 Å². The van der Waals surface area contributed by atoms with Gasteiger partial charge in [0.25, 0.3) is 0 Å². The van der Waals surface area contributed by atoms with Gasteiger partial charge in [0.2, 0.25) is 0 Å². The SMILES string of the molecule is Cc1cnc2cccc(C=O)n12. The maximum atomic E-state index is 10.6. The van der Waals surface area contributed by atoms with E-state index in [0.717, 1.165) is 17.6 Å². The molecule has 0 radical (unpaired) electrons. The third-order valence-corrected chi connectivity index (χ3v) is 1.86. The fourth-order valence-corrected chi connectivity index (χ4v) is 1.31.